The van der Waals surface area contributed by atoms with E-state index in [0.717, 1.165) is 37.5 Å². The van der Waals surface area contributed by atoms with E-state index in [1.54, 1.807) is 0 Å². The lowest BCUT2D eigenvalue weighted by atomic mass is 9.74. The minimum absolute atomic E-state index is 0.114. The molecule has 0 radical (unpaired) electrons. The van der Waals surface area contributed by atoms with E-state index in [1.807, 2.05) is 0 Å². The molecule has 0 spiro atoms. The standard InChI is InChI=1S/C21H23ClN2/c22-14-5-6-17-18-12-21(20(17)11-14,19-4-2-1-3-16(18)19)13-24-9-7-15(23)8-10-24/h1-6,11,15,18H,7-10,12-13,23H2/t18-,21-/m1/s1. The fourth-order valence-electron chi connectivity index (χ4n) is 5.31. The molecule has 2 bridgehead atoms. The molecule has 3 heteroatoms. The summed E-state index contributed by atoms with van der Waals surface area (Å²) in [6.45, 7) is 3.33. The highest BCUT2D eigenvalue weighted by atomic mass is 35.5. The van der Waals surface area contributed by atoms with Crippen molar-refractivity contribution in [2.75, 3.05) is 19.6 Å². The van der Waals surface area contributed by atoms with Gasteiger partial charge in [-0.15, -0.1) is 0 Å². The van der Waals surface area contributed by atoms with Crippen molar-refractivity contribution in [1.29, 1.82) is 0 Å². The van der Waals surface area contributed by atoms with Crippen LogP contribution in [0.4, 0.5) is 0 Å². The maximum atomic E-state index is 6.38. The molecule has 124 valence electrons. The third-order valence-electron chi connectivity index (χ3n) is 6.44. The monoisotopic (exact) mass is 338 g/mol. The first-order valence-electron chi connectivity index (χ1n) is 9.05. The molecule has 0 saturated carbocycles. The van der Waals surface area contributed by atoms with Gasteiger partial charge in [0.1, 0.15) is 0 Å². The second-order valence-electron chi connectivity index (χ2n) is 7.77. The molecule has 1 saturated heterocycles. The summed E-state index contributed by atoms with van der Waals surface area (Å²) in [5.41, 5.74) is 12.2. The molecule has 2 atom stereocenters. The van der Waals surface area contributed by atoms with Crippen LogP contribution in [-0.2, 0) is 5.41 Å². The molecular weight excluding hydrogens is 316 g/mol. The maximum absolute atomic E-state index is 6.38. The molecule has 1 fully saturated rings. The minimum atomic E-state index is 0.114. The SMILES string of the molecule is NC1CCN(C[C@]23C[C@H](c4ccccc42)c2ccc(Cl)cc23)CC1. The van der Waals surface area contributed by atoms with Crippen molar-refractivity contribution in [3.8, 4) is 0 Å². The summed E-state index contributed by atoms with van der Waals surface area (Å²) in [5.74, 6) is 0.542. The Labute approximate surface area is 148 Å². The second-order valence-corrected chi connectivity index (χ2v) is 8.21. The van der Waals surface area contributed by atoms with Gasteiger partial charge in [0.15, 0.2) is 0 Å². The van der Waals surface area contributed by atoms with E-state index in [1.165, 1.54) is 28.7 Å². The molecule has 2 N–H and O–H groups in total. The van der Waals surface area contributed by atoms with E-state index in [4.69, 9.17) is 17.3 Å². The molecule has 2 aromatic rings. The van der Waals surface area contributed by atoms with Crippen molar-refractivity contribution in [2.45, 2.75) is 36.6 Å². The molecule has 2 aliphatic carbocycles. The topological polar surface area (TPSA) is 29.3 Å². The van der Waals surface area contributed by atoms with Crippen LogP contribution in [-0.4, -0.2) is 30.6 Å². The van der Waals surface area contributed by atoms with E-state index in [-0.39, 0.29) is 5.41 Å². The fourth-order valence-corrected chi connectivity index (χ4v) is 5.48. The average molecular weight is 339 g/mol. The lowest BCUT2D eigenvalue weighted by molar-refractivity contribution is 0.181. The van der Waals surface area contributed by atoms with Crippen LogP contribution < -0.4 is 5.73 Å². The Balaban J connectivity index is 1.60. The zero-order valence-corrected chi connectivity index (χ0v) is 14.6. The number of nitrogens with two attached hydrogens (primary N) is 1. The molecule has 1 heterocycles. The lowest BCUT2D eigenvalue weighted by Gasteiger charge is -2.39. The molecule has 5 rings (SSSR count). The van der Waals surface area contributed by atoms with Crippen molar-refractivity contribution in [1.82, 2.24) is 4.90 Å². The number of benzene rings is 2. The number of halogens is 1. The zero-order valence-electron chi connectivity index (χ0n) is 13.8. The molecule has 24 heavy (non-hydrogen) atoms. The van der Waals surface area contributed by atoms with Crippen LogP contribution in [0.1, 0.15) is 47.4 Å². The van der Waals surface area contributed by atoms with Crippen molar-refractivity contribution >= 4 is 11.6 Å². The number of hydrogen-bond acceptors (Lipinski definition) is 2. The summed E-state index contributed by atoms with van der Waals surface area (Å²) in [5, 5.41) is 0.860. The van der Waals surface area contributed by atoms with Gasteiger partial charge in [0, 0.05) is 28.9 Å². The summed E-state index contributed by atoms with van der Waals surface area (Å²) in [6.07, 6.45) is 3.43. The van der Waals surface area contributed by atoms with Crippen molar-refractivity contribution in [3.63, 3.8) is 0 Å². The number of fused-ring (bicyclic) bond motifs is 8. The number of nitrogens with zero attached hydrogens (tertiary/aromatic N) is 1. The van der Waals surface area contributed by atoms with Crippen LogP contribution in [0.25, 0.3) is 0 Å². The van der Waals surface area contributed by atoms with Gasteiger partial charge in [-0.3, -0.25) is 0 Å². The van der Waals surface area contributed by atoms with Crippen LogP contribution in [0.3, 0.4) is 0 Å². The molecule has 0 unspecified atom stereocenters. The predicted molar refractivity (Wildman–Crippen MR) is 98.8 cm³/mol. The summed E-state index contributed by atoms with van der Waals surface area (Å²) >= 11 is 6.38. The number of hydrogen-bond donors (Lipinski definition) is 1. The smallest absolute Gasteiger partial charge is 0.0409 e. The Morgan fingerprint density at radius 3 is 2.62 bits per heavy atom. The number of piperidine rings is 1. The normalized spacial score (nSPS) is 28.8. The Hall–Kier alpha value is -1.35. The van der Waals surface area contributed by atoms with E-state index in [9.17, 15) is 0 Å². The van der Waals surface area contributed by atoms with Gasteiger partial charge < -0.3 is 10.6 Å². The first kappa shape index (κ1) is 14.9. The quantitative estimate of drug-likeness (QED) is 0.899. The Morgan fingerprint density at radius 2 is 1.79 bits per heavy atom. The fraction of sp³-hybridized carbons (Fsp3) is 0.429. The van der Waals surface area contributed by atoms with Crippen LogP contribution in [0.15, 0.2) is 42.5 Å². The second kappa shape index (κ2) is 5.32. The first-order chi connectivity index (χ1) is 11.7. The third-order valence-corrected chi connectivity index (χ3v) is 6.67. The van der Waals surface area contributed by atoms with Gasteiger partial charge in [-0.1, -0.05) is 41.9 Å². The molecular formula is C21H23ClN2. The largest absolute Gasteiger partial charge is 0.328 e. The average Bonchev–Trinajstić information content (AvgIpc) is 3.09. The molecule has 0 amide bonds. The lowest BCUT2D eigenvalue weighted by Crippen LogP contribution is -2.46. The van der Waals surface area contributed by atoms with Crippen LogP contribution >= 0.6 is 11.6 Å². The maximum Gasteiger partial charge on any atom is 0.0409 e. The van der Waals surface area contributed by atoms with Crippen LogP contribution in [0.5, 0.6) is 0 Å². The van der Waals surface area contributed by atoms with E-state index in [0.29, 0.717) is 12.0 Å². The Kier molecular flexibility index (Phi) is 3.31. The van der Waals surface area contributed by atoms with Crippen molar-refractivity contribution in [2.24, 2.45) is 5.73 Å². The Morgan fingerprint density at radius 1 is 1.04 bits per heavy atom. The molecule has 2 nitrogen and oxygen atoms in total. The van der Waals surface area contributed by atoms with Crippen molar-refractivity contribution in [3.05, 3.63) is 69.7 Å². The third kappa shape index (κ3) is 2.03. The Bertz CT molecular complexity index is 794. The van der Waals surface area contributed by atoms with E-state index >= 15 is 0 Å². The summed E-state index contributed by atoms with van der Waals surface area (Å²) in [7, 11) is 0. The summed E-state index contributed by atoms with van der Waals surface area (Å²) < 4.78 is 0. The van der Waals surface area contributed by atoms with Gasteiger partial charge in [0.05, 0.1) is 0 Å². The van der Waals surface area contributed by atoms with Gasteiger partial charge >= 0.3 is 0 Å². The predicted octanol–water partition coefficient (Wildman–Crippen LogP) is 3.90. The van der Waals surface area contributed by atoms with E-state index < -0.39 is 0 Å². The molecule has 3 aliphatic rings. The highest BCUT2D eigenvalue weighted by Gasteiger charge is 2.53. The summed E-state index contributed by atoms with van der Waals surface area (Å²) in [6, 6.07) is 16.0. The number of likely N-dealkylation sites (tertiary alicyclic amines) is 1. The van der Waals surface area contributed by atoms with Gasteiger partial charge in [0.2, 0.25) is 0 Å². The molecule has 1 aliphatic heterocycles. The van der Waals surface area contributed by atoms with Gasteiger partial charge in [0.25, 0.3) is 0 Å². The number of rotatable bonds is 2. The van der Waals surface area contributed by atoms with Gasteiger partial charge in [-0.05, 0) is 66.7 Å². The summed E-state index contributed by atoms with van der Waals surface area (Å²) in [4.78, 5) is 2.62. The van der Waals surface area contributed by atoms with Crippen LogP contribution in [0.2, 0.25) is 5.02 Å². The highest BCUT2D eigenvalue weighted by molar-refractivity contribution is 6.30. The van der Waals surface area contributed by atoms with Gasteiger partial charge in [-0.25, -0.2) is 0 Å². The first-order valence-corrected chi connectivity index (χ1v) is 9.42. The van der Waals surface area contributed by atoms with Crippen LogP contribution in [0, 0.1) is 0 Å². The minimum Gasteiger partial charge on any atom is -0.328 e. The van der Waals surface area contributed by atoms with E-state index in [2.05, 4.69) is 47.4 Å². The van der Waals surface area contributed by atoms with Crippen molar-refractivity contribution < 1.29 is 0 Å². The zero-order chi connectivity index (χ0) is 16.3. The molecule has 2 aromatic carbocycles. The molecule has 0 aromatic heterocycles. The van der Waals surface area contributed by atoms with Gasteiger partial charge in [-0.2, -0.15) is 0 Å². The highest BCUT2D eigenvalue weighted by Crippen LogP contribution is 2.60.